The van der Waals surface area contributed by atoms with Gasteiger partial charge in [0.05, 0.1) is 17.5 Å². The predicted octanol–water partition coefficient (Wildman–Crippen LogP) is 3.36. The van der Waals surface area contributed by atoms with Crippen LogP contribution in [0.1, 0.15) is 31.9 Å². The van der Waals surface area contributed by atoms with Crippen molar-refractivity contribution in [1.29, 1.82) is 0 Å². The Kier molecular flexibility index (Phi) is 9.29. The van der Waals surface area contributed by atoms with Crippen LogP contribution in [-0.2, 0) is 21.3 Å². The number of rotatable bonds is 5. The van der Waals surface area contributed by atoms with Crippen LogP contribution >= 0.6 is 0 Å². The highest BCUT2D eigenvalue weighted by Crippen LogP contribution is 2.09. The molecule has 0 aliphatic carbocycles. The Morgan fingerprint density at radius 2 is 1.62 bits per heavy atom. The molecule has 2 rings (SSSR count). The average Bonchev–Trinajstić information content (AvgIpc) is 2.60. The Hall–Kier alpha value is -2.42. The molecule has 1 amide bonds. The van der Waals surface area contributed by atoms with Gasteiger partial charge in [0.2, 0.25) is 0 Å². The van der Waals surface area contributed by atoms with Crippen LogP contribution in [0.5, 0.6) is 0 Å². The fourth-order valence-corrected chi connectivity index (χ4v) is 2.72. The highest BCUT2D eigenvalue weighted by Gasteiger charge is 2.19. The number of alkyl carbamates (subject to hydrolysis) is 1. The van der Waals surface area contributed by atoms with Crippen LogP contribution in [0.15, 0.2) is 59.5 Å². The van der Waals surface area contributed by atoms with Crippen LogP contribution in [0.2, 0.25) is 0 Å². The van der Waals surface area contributed by atoms with Gasteiger partial charge in [0.25, 0.3) is 10.1 Å². The highest BCUT2D eigenvalue weighted by molar-refractivity contribution is 7.85. The van der Waals surface area contributed by atoms with Crippen molar-refractivity contribution in [2.24, 2.45) is 0 Å². The van der Waals surface area contributed by atoms with E-state index in [4.69, 9.17) is 9.29 Å². The average molecular weight is 424 g/mol. The predicted molar refractivity (Wildman–Crippen MR) is 111 cm³/mol. The summed E-state index contributed by atoms with van der Waals surface area (Å²) >= 11 is 0. The van der Waals surface area contributed by atoms with Gasteiger partial charge in [0.15, 0.2) is 0 Å². The summed E-state index contributed by atoms with van der Waals surface area (Å²) in [4.78, 5) is 11.5. The number of hydrogen-bond acceptors (Lipinski definition) is 5. The molecule has 29 heavy (non-hydrogen) atoms. The number of hydrogen-bond donors (Lipinski definition) is 3. The van der Waals surface area contributed by atoms with Crippen molar-refractivity contribution < 1.29 is 27.6 Å². The van der Waals surface area contributed by atoms with Gasteiger partial charge >= 0.3 is 6.09 Å². The molecule has 8 heteroatoms. The standard InChI is InChI=1S/C14H21NO3.C7H8O3S/c1-14(2,3)18-13(17)15-12(10-16)9-11-7-5-4-6-8-11;1-6-2-4-7(5-3-6)11(8,9)10/h4-8,12,16H,9-10H2,1-3H3,(H,15,17);2-5H,1H3,(H,8,9,10). The number of ether oxygens (including phenoxy) is 1. The summed E-state index contributed by atoms with van der Waals surface area (Å²) in [5, 5.41) is 11.9. The van der Waals surface area contributed by atoms with Gasteiger partial charge in [-0.15, -0.1) is 0 Å². The molecular formula is C21H29NO6S. The van der Waals surface area contributed by atoms with E-state index in [1.54, 1.807) is 32.9 Å². The molecule has 0 fully saturated rings. The van der Waals surface area contributed by atoms with E-state index in [2.05, 4.69) is 5.32 Å². The van der Waals surface area contributed by atoms with Gasteiger partial charge in [-0.1, -0.05) is 48.0 Å². The number of nitrogens with one attached hydrogen (secondary N) is 1. The van der Waals surface area contributed by atoms with E-state index < -0.39 is 21.8 Å². The lowest BCUT2D eigenvalue weighted by Gasteiger charge is -2.22. The maximum atomic E-state index is 11.6. The second-order valence-corrected chi connectivity index (χ2v) is 8.93. The first-order chi connectivity index (χ1) is 13.4. The third-order valence-corrected chi connectivity index (χ3v) is 4.45. The van der Waals surface area contributed by atoms with Gasteiger partial charge in [0.1, 0.15) is 5.60 Å². The van der Waals surface area contributed by atoms with E-state index in [1.165, 1.54) is 12.1 Å². The number of amides is 1. The van der Waals surface area contributed by atoms with Crippen molar-refractivity contribution in [3.63, 3.8) is 0 Å². The maximum absolute atomic E-state index is 11.6. The van der Waals surface area contributed by atoms with E-state index in [1.807, 2.05) is 37.3 Å². The van der Waals surface area contributed by atoms with Crippen molar-refractivity contribution in [2.45, 2.75) is 50.7 Å². The van der Waals surface area contributed by atoms with Gasteiger partial charge in [-0.25, -0.2) is 4.79 Å². The molecular weight excluding hydrogens is 394 g/mol. The van der Waals surface area contributed by atoms with E-state index >= 15 is 0 Å². The normalized spacial score (nSPS) is 12.3. The largest absolute Gasteiger partial charge is 0.444 e. The minimum atomic E-state index is -4.02. The molecule has 1 atom stereocenters. The maximum Gasteiger partial charge on any atom is 0.407 e. The molecule has 0 heterocycles. The summed E-state index contributed by atoms with van der Waals surface area (Å²) < 4.78 is 34.7. The third kappa shape index (κ3) is 10.6. The third-order valence-electron chi connectivity index (χ3n) is 3.59. The van der Waals surface area contributed by atoms with E-state index in [9.17, 15) is 18.3 Å². The summed E-state index contributed by atoms with van der Waals surface area (Å²) in [6.07, 6.45) is 0.0776. The topological polar surface area (TPSA) is 113 Å². The first-order valence-electron chi connectivity index (χ1n) is 9.09. The molecule has 0 saturated carbocycles. The molecule has 0 radical (unpaired) electrons. The van der Waals surface area contributed by atoms with Gasteiger partial charge < -0.3 is 15.2 Å². The molecule has 0 spiro atoms. The Morgan fingerprint density at radius 3 is 2.07 bits per heavy atom. The first-order valence-corrected chi connectivity index (χ1v) is 10.5. The zero-order chi connectivity index (χ0) is 22.1. The Bertz CT molecular complexity index is 858. The number of carbonyl (C=O) groups is 1. The summed E-state index contributed by atoms with van der Waals surface area (Å²) in [6, 6.07) is 15.4. The molecule has 0 aliphatic heterocycles. The summed E-state index contributed by atoms with van der Waals surface area (Å²) in [7, 11) is -4.02. The van der Waals surface area contributed by atoms with Crippen LogP contribution in [0.25, 0.3) is 0 Å². The van der Waals surface area contributed by atoms with Gasteiger partial charge in [0, 0.05) is 0 Å². The van der Waals surface area contributed by atoms with Crippen molar-refractivity contribution >= 4 is 16.2 Å². The van der Waals surface area contributed by atoms with Crippen LogP contribution in [0.4, 0.5) is 4.79 Å². The molecule has 160 valence electrons. The fourth-order valence-electron chi connectivity index (χ4n) is 2.24. The van der Waals surface area contributed by atoms with Gasteiger partial charge in [-0.3, -0.25) is 4.55 Å². The molecule has 0 aliphatic rings. The van der Waals surface area contributed by atoms with Crippen LogP contribution in [-0.4, -0.2) is 42.4 Å². The molecule has 0 aromatic heterocycles. The molecule has 3 N–H and O–H groups in total. The number of benzene rings is 2. The van der Waals surface area contributed by atoms with Crippen LogP contribution in [0, 0.1) is 6.92 Å². The van der Waals surface area contributed by atoms with Crippen molar-refractivity contribution in [3.05, 3.63) is 65.7 Å². The zero-order valence-electron chi connectivity index (χ0n) is 17.1. The first kappa shape index (κ1) is 24.6. The summed E-state index contributed by atoms with van der Waals surface area (Å²) in [5.41, 5.74) is 1.49. The molecule has 0 bridgehead atoms. The monoisotopic (exact) mass is 423 g/mol. The Morgan fingerprint density at radius 1 is 1.07 bits per heavy atom. The fraction of sp³-hybridized carbons (Fsp3) is 0.381. The molecule has 2 aromatic rings. The lowest BCUT2D eigenvalue weighted by molar-refractivity contribution is 0.0483. The van der Waals surface area contributed by atoms with Crippen LogP contribution in [0.3, 0.4) is 0 Å². The zero-order valence-corrected chi connectivity index (χ0v) is 17.9. The molecule has 2 aromatic carbocycles. The Labute approximate surface area is 172 Å². The second-order valence-electron chi connectivity index (χ2n) is 7.50. The van der Waals surface area contributed by atoms with Gasteiger partial charge in [-0.2, -0.15) is 8.42 Å². The number of aryl methyl sites for hydroxylation is 1. The quantitative estimate of drug-likeness (QED) is 0.636. The van der Waals surface area contributed by atoms with E-state index in [0.29, 0.717) is 6.42 Å². The lowest BCUT2D eigenvalue weighted by Crippen LogP contribution is -2.42. The molecule has 7 nitrogen and oxygen atoms in total. The van der Waals surface area contributed by atoms with Crippen LogP contribution < -0.4 is 5.32 Å². The number of aliphatic hydroxyl groups is 1. The highest BCUT2D eigenvalue weighted by atomic mass is 32.2. The smallest absolute Gasteiger partial charge is 0.407 e. The van der Waals surface area contributed by atoms with Crippen molar-refractivity contribution in [3.8, 4) is 0 Å². The molecule has 0 saturated heterocycles. The van der Waals surface area contributed by atoms with Gasteiger partial charge in [-0.05, 0) is 51.8 Å². The summed E-state index contributed by atoms with van der Waals surface area (Å²) in [5.74, 6) is 0. The minimum Gasteiger partial charge on any atom is -0.444 e. The number of aliphatic hydroxyl groups excluding tert-OH is 1. The van der Waals surface area contributed by atoms with Crippen molar-refractivity contribution in [1.82, 2.24) is 5.32 Å². The summed E-state index contributed by atoms with van der Waals surface area (Å²) in [6.45, 7) is 7.13. The minimum absolute atomic E-state index is 0.0666. The van der Waals surface area contributed by atoms with Crippen molar-refractivity contribution in [2.75, 3.05) is 6.61 Å². The SMILES string of the molecule is CC(C)(C)OC(=O)NC(CO)Cc1ccccc1.Cc1ccc(S(=O)(=O)O)cc1. The lowest BCUT2D eigenvalue weighted by atomic mass is 10.1. The second kappa shape index (κ2) is 10.9. The van der Waals surface area contributed by atoms with E-state index in [0.717, 1.165) is 11.1 Å². The Balaban J connectivity index is 0.000000326. The molecule has 1 unspecified atom stereocenters. The number of carbonyl (C=O) groups excluding carboxylic acids is 1. The van der Waals surface area contributed by atoms with E-state index in [-0.39, 0.29) is 17.5 Å².